The first-order valence-corrected chi connectivity index (χ1v) is 10.1. The summed E-state index contributed by atoms with van der Waals surface area (Å²) in [5, 5.41) is 9.70. The molecule has 4 aromatic rings. The van der Waals surface area contributed by atoms with Crippen LogP contribution in [0, 0.1) is 19.7 Å². The van der Waals surface area contributed by atoms with Gasteiger partial charge in [0.05, 0.1) is 0 Å². The van der Waals surface area contributed by atoms with Crippen LogP contribution in [-0.2, 0) is 5.75 Å². The highest BCUT2D eigenvalue weighted by Gasteiger charge is 2.16. The van der Waals surface area contributed by atoms with Gasteiger partial charge >= 0.3 is 0 Å². The number of rotatable bonds is 5. The Bertz CT molecular complexity index is 1100. The maximum Gasteiger partial charge on any atom is 0.196 e. The van der Waals surface area contributed by atoms with Crippen molar-refractivity contribution in [1.29, 1.82) is 0 Å². The molecule has 1 aromatic heterocycles. The van der Waals surface area contributed by atoms with Crippen molar-refractivity contribution in [2.75, 3.05) is 0 Å². The van der Waals surface area contributed by atoms with Crippen molar-refractivity contribution in [1.82, 2.24) is 14.8 Å². The fourth-order valence-corrected chi connectivity index (χ4v) is 3.93. The van der Waals surface area contributed by atoms with Gasteiger partial charge in [-0.3, -0.25) is 4.57 Å². The highest BCUT2D eigenvalue weighted by Crippen LogP contribution is 2.30. The number of halogens is 1. The van der Waals surface area contributed by atoms with E-state index in [1.54, 1.807) is 23.9 Å². The van der Waals surface area contributed by atoms with Crippen molar-refractivity contribution in [2.24, 2.45) is 0 Å². The molecule has 0 fully saturated rings. The zero-order valence-electron chi connectivity index (χ0n) is 15.8. The van der Waals surface area contributed by atoms with Gasteiger partial charge in [-0.2, -0.15) is 0 Å². The van der Waals surface area contributed by atoms with Crippen molar-refractivity contribution in [3.8, 4) is 17.1 Å². The lowest BCUT2D eigenvalue weighted by atomic mass is 10.1. The van der Waals surface area contributed by atoms with Crippen molar-refractivity contribution in [2.45, 2.75) is 24.8 Å². The molecular formula is C23H20FN3S. The van der Waals surface area contributed by atoms with Gasteiger partial charge in [0.15, 0.2) is 11.0 Å². The van der Waals surface area contributed by atoms with Gasteiger partial charge < -0.3 is 0 Å². The molecule has 0 radical (unpaired) electrons. The van der Waals surface area contributed by atoms with Crippen LogP contribution < -0.4 is 0 Å². The summed E-state index contributed by atoms with van der Waals surface area (Å²) in [6, 6.07) is 23.2. The molecule has 0 aliphatic carbocycles. The lowest BCUT2D eigenvalue weighted by molar-refractivity contribution is 0.626. The van der Waals surface area contributed by atoms with Crippen LogP contribution in [0.15, 0.2) is 78.0 Å². The minimum absolute atomic E-state index is 0.224. The van der Waals surface area contributed by atoms with Gasteiger partial charge in [0.25, 0.3) is 0 Å². The maximum atomic E-state index is 13.5. The summed E-state index contributed by atoms with van der Waals surface area (Å²) in [7, 11) is 0. The summed E-state index contributed by atoms with van der Waals surface area (Å²) in [6.07, 6.45) is 0. The molecule has 0 aliphatic rings. The van der Waals surface area contributed by atoms with E-state index < -0.39 is 0 Å². The molecule has 3 aromatic carbocycles. The molecule has 3 nitrogen and oxygen atoms in total. The molecule has 0 atom stereocenters. The molecule has 0 saturated heterocycles. The van der Waals surface area contributed by atoms with Crippen LogP contribution in [0.3, 0.4) is 0 Å². The third kappa shape index (κ3) is 3.99. The van der Waals surface area contributed by atoms with E-state index in [0.29, 0.717) is 5.75 Å². The lowest BCUT2D eigenvalue weighted by Gasteiger charge is -2.11. The van der Waals surface area contributed by atoms with E-state index in [0.717, 1.165) is 27.8 Å². The fourth-order valence-electron chi connectivity index (χ4n) is 3.04. The molecular weight excluding hydrogens is 369 g/mol. The van der Waals surface area contributed by atoms with Crippen molar-refractivity contribution in [3.63, 3.8) is 0 Å². The average Bonchev–Trinajstić information content (AvgIpc) is 3.11. The molecule has 0 saturated carbocycles. The van der Waals surface area contributed by atoms with Crippen molar-refractivity contribution in [3.05, 3.63) is 95.3 Å². The van der Waals surface area contributed by atoms with Gasteiger partial charge in [0.2, 0.25) is 0 Å². The number of benzene rings is 3. The number of aromatic nitrogens is 3. The zero-order chi connectivity index (χ0) is 19.5. The van der Waals surface area contributed by atoms with E-state index in [-0.39, 0.29) is 5.82 Å². The molecule has 140 valence electrons. The van der Waals surface area contributed by atoms with E-state index in [1.807, 2.05) is 18.2 Å². The fraction of sp³-hybridized carbons (Fsp3) is 0.130. The summed E-state index contributed by atoms with van der Waals surface area (Å²) >= 11 is 1.55. The Labute approximate surface area is 168 Å². The Hall–Kier alpha value is -2.92. The molecule has 0 spiro atoms. The van der Waals surface area contributed by atoms with Crippen molar-refractivity contribution >= 4 is 11.8 Å². The molecule has 1 heterocycles. The van der Waals surface area contributed by atoms with Crippen LogP contribution in [-0.4, -0.2) is 14.8 Å². The topological polar surface area (TPSA) is 30.7 Å². The van der Waals surface area contributed by atoms with E-state index in [1.165, 1.54) is 17.2 Å². The summed E-state index contributed by atoms with van der Waals surface area (Å²) in [4.78, 5) is 0. The van der Waals surface area contributed by atoms with E-state index >= 15 is 0 Å². The molecule has 0 aliphatic heterocycles. The number of nitrogens with zero attached hydrogens (tertiary/aromatic N) is 3. The van der Waals surface area contributed by atoms with Gasteiger partial charge in [0.1, 0.15) is 5.82 Å². The van der Waals surface area contributed by atoms with Gasteiger partial charge in [-0.25, -0.2) is 4.39 Å². The summed E-state index contributed by atoms with van der Waals surface area (Å²) in [5.74, 6) is 1.20. The second kappa shape index (κ2) is 7.98. The smallest absolute Gasteiger partial charge is 0.196 e. The monoisotopic (exact) mass is 389 g/mol. The summed E-state index contributed by atoms with van der Waals surface area (Å²) in [6.45, 7) is 4.13. The molecule has 4 rings (SSSR count). The summed E-state index contributed by atoms with van der Waals surface area (Å²) in [5.41, 5.74) is 5.31. The molecule has 0 bridgehead atoms. The first-order valence-electron chi connectivity index (χ1n) is 9.07. The highest BCUT2D eigenvalue weighted by atomic mass is 32.2. The molecule has 28 heavy (non-hydrogen) atoms. The Morgan fingerprint density at radius 1 is 0.857 bits per heavy atom. The number of aryl methyl sites for hydroxylation is 2. The molecule has 0 unspecified atom stereocenters. The van der Waals surface area contributed by atoms with Crippen LogP contribution in [0.4, 0.5) is 4.39 Å². The predicted molar refractivity (Wildman–Crippen MR) is 112 cm³/mol. The number of hydrogen-bond acceptors (Lipinski definition) is 3. The SMILES string of the molecule is Cc1ccc(-n2c(SCc3cccc(F)c3)nnc2-c2cccc(C)c2)cc1. The predicted octanol–water partition coefficient (Wildman–Crippen LogP) is 5.98. The normalized spacial score (nSPS) is 11.0. The Kier molecular flexibility index (Phi) is 5.26. The lowest BCUT2D eigenvalue weighted by Crippen LogP contribution is -2.00. The van der Waals surface area contributed by atoms with Crippen LogP contribution in [0.1, 0.15) is 16.7 Å². The number of thioether (sulfide) groups is 1. The third-order valence-electron chi connectivity index (χ3n) is 4.46. The number of hydrogen-bond donors (Lipinski definition) is 0. The first-order chi connectivity index (χ1) is 13.6. The maximum absolute atomic E-state index is 13.5. The van der Waals surface area contributed by atoms with Gasteiger partial charge in [-0.1, -0.05) is 65.4 Å². The molecule has 5 heteroatoms. The standard InChI is InChI=1S/C23H20FN3S/c1-16-9-11-21(12-10-16)27-22(19-7-3-5-17(2)13-19)25-26-23(27)28-15-18-6-4-8-20(24)14-18/h3-14H,15H2,1-2H3. The van der Waals surface area contributed by atoms with Gasteiger partial charge in [-0.15, -0.1) is 10.2 Å². The van der Waals surface area contributed by atoms with E-state index in [2.05, 4.69) is 65.0 Å². The molecule has 0 amide bonds. The second-order valence-corrected chi connectivity index (χ2v) is 7.71. The summed E-state index contributed by atoms with van der Waals surface area (Å²) < 4.78 is 15.6. The van der Waals surface area contributed by atoms with Crippen LogP contribution in [0.2, 0.25) is 0 Å². The Morgan fingerprint density at radius 2 is 1.64 bits per heavy atom. The Balaban J connectivity index is 1.74. The van der Waals surface area contributed by atoms with Crippen LogP contribution in [0.5, 0.6) is 0 Å². The van der Waals surface area contributed by atoms with E-state index in [4.69, 9.17) is 0 Å². The van der Waals surface area contributed by atoms with Gasteiger partial charge in [-0.05, 0) is 49.7 Å². The van der Waals surface area contributed by atoms with Crippen LogP contribution >= 0.6 is 11.8 Å². The minimum Gasteiger partial charge on any atom is -0.270 e. The molecule has 0 N–H and O–H groups in total. The second-order valence-electron chi connectivity index (χ2n) is 6.77. The van der Waals surface area contributed by atoms with Gasteiger partial charge in [0, 0.05) is 17.0 Å². The zero-order valence-corrected chi connectivity index (χ0v) is 16.6. The van der Waals surface area contributed by atoms with E-state index in [9.17, 15) is 4.39 Å². The largest absolute Gasteiger partial charge is 0.270 e. The third-order valence-corrected chi connectivity index (χ3v) is 5.46. The first kappa shape index (κ1) is 18.4. The highest BCUT2D eigenvalue weighted by molar-refractivity contribution is 7.98. The van der Waals surface area contributed by atoms with Crippen molar-refractivity contribution < 1.29 is 4.39 Å². The van der Waals surface area contributed by atoms with Crippen LogP contribution in [0.25, 0.3) is 17.1 Å². The minimum atomic E-state index is -0.224. The Morgan fingerprint density at radius 3 is 2.39 bits per heavy atom. The average molecular weight is 389 g/mol. The quantitative estimate of drug-likeness (QED) is 0.393.